The molecule has 6 heteroatoms. The molecule has 0 radical (unpaired) electrons. The molecule has 0 aliphatic rings. The van der Waals surface area contributed by atoms with Crippen molar-refractivity contribution < 1.29 is 9.34 Å². The van der Waals surface area contributed by atoms with Crippen molar-refractivity contribution in [1.82, 2.24) is 5.32 Å². The summed E-state index contributed by atoms with van der Waals surface area (Å²) in [6.07, 6.45) is 0.766. The molecule has 96 valence electrons. The van der Waals surface area contributed by atoms with Gasteiger partial charge in [-0.1, -0.05) is 6.92 Å². The Hall–Kier alpha value is -1.66. The number of hydrogen-bond acceptors (Lipinski definition) is 5. The quantitative estimate of drug-likeness (QED) is 0.644. The van der Waals surface area contributed by atoms with Crippen LogP contribution in [0.4, 0.5) is 5.88 Å². The normalized spacial score (nSPS) is 12.5. The maximum atomic E-state index is 10.6. The molecule has 0 aliphatic carbocycles. The highest BCUT2D eigenvalue weighted by Gasteiger charge is 2.19. The predicted octanol–water partition coefficient (Wildman–Crippen LogP) is 3.14. The fraction of sp³-hybridized carbons (Fsp3) is 0.333. The van der Waals surface area contributed by atoms with E-state index in [0.29, 0.717) is 5.76 Å². The maximum absolute atomic E-state index is 10.6. The van der Waals surface area contributed by atoms with Crippen molar-refractivity contribution in [3.8, 4) is 0 Å². The topological polar surface area (TPSA) is 68.3 Å². The third-order valence-corrected chi connectivity index (χ3v) is 3.34. The van der Waals surface area contributed by atoms with Gasteiger partial charge < -0.3 is 9.73 Å². The second kappa shape index (κ2) is 5.79. The average molecular weight is 266 g/mol. The first kappa shape index (κ1) is 12.8. The van der Waals surface area contributed by atoms with E-state index < -0.39 is 4.92 Å². The van der Waals surface area contributed by atoms with Crippen LogP contribution < -0.4 is 5.32 Å². The molecule has 2 aromatic heterocycles. The summed E-state index contributed by atoms with van der Waals surface area (Å²) in [5.41, 5.74) is 1.20. The van der Waals surface area contributed by atoms with Crippen LogP contribution >= 0.6 is 11.3 Å². The number of likely N-dealkylation sites (N-methyl/N-ethyl adjacent to an activating group) is 1. The van der Waals surface area contributed by atoms with Gasteiger partial charge in [0.1, 0.15) is 10.7 Å². The van der Waals surface area contributed by atoms with Crippen LogP contribution in [0.3, 0.4) is 0 Å². The summed E-state index contributed by atoms with van der Waals surface area (Å²) in [6, 6.07) is 5.08. The Labute approximate surface area is 109 Å². The minimum absolute atomic E-state index is 0.0294. The van der Waals surface area contributed by atoms with Crippen LogP contribution in [0.5, 0.6) is 0 Å². The lowest BCUT2D eigenvalue weighted by atomic mass is 10.1. The Balaban J connectivity index is 2.15. The summed E-state index contributed by atoms with van der Waals surface area (Å²) in [7, 11) is 0. The van der Waals surface area contributed by atoms with E-state index in [-0.39, 0.29) is 11.9 Å². The van der Waals surface area contributed by atoms with Crippen molar-refractivity contribution in [1.29, 1.82) is 0 Å². The molecule has 2 rings (SSSR count). The van der Waals surface area contributed by atoms with Crippen LogP contribution in [-0.2, 0) is 6.42 Å². The largest absolute Gasteiger partial charge is 0.433 e. The van der Waals surface area contributed by atoms with Crippen LogP contribution in [-0.4, -0.2) is 11.5 Å². The number of rotatable bonds is 6. The summed E-state index contributed by atoms with van der Waals surface area (Å²) in [4.78, 5) is 10.1. The monoisotopic (exact) mass is 266 g/mol. The number of furan rings is 1. The van der Waals surface area contributed by atoms with E-state index in [9.17, 15) is 10.1 Å². The Bertz CT molecular complexity index is 507. The van der Waals surface area contributed by atoms with Crippen molar-refractivity contribution in [2.24, 2.45) is 0 Å². The second-order valence-electron chi connectivity index (χ2n) is 3.88. The van der Waals surface area contributed by atoms with E-state index in [2.05, 4.69) is 10.7 Å². The molecule has 0 aromatic carbocycles. The van der Waals surface area contributed by atoms with Gasteiger partial charge in [0.05, 0.1) is 12.1 Å². The molecule has 1 unspecified atom stereocenters. The summed E-state index contributed by atoms with van der Waals surface area (Å²) in [5, 5.41) is 18.0. The molecule has 0 saturated heterocycles. The number of nitrogens with zero attached hydrogens (tertiary/aromatic N) is 1. The molecule has 2 aromatic rings. The van der Waals surface area contributed by atoms with Gasteiger partial charge in [-0.05, 0) is 41.4 Å². The van der Waals surface area contributed by atoms with Crippen LogP contribution in [0.15, 0.2) is 33.4 Å². The molecule has 0 bridgehead atoms. The minimum Gasteiger partial charge on any atom is -0.404 e. The molecule has 0 spiro atoms. The van der Waals surface area contributed by atoms with Crippen molar-refractivity contribution in [3.63, 3.8) is 0 Å². The molecule has 5 nitrogen and oxygen atoms in total. The molecule has 2 heterocycles. The highest BCUT2D eigenvalue weighted by molar-refractivity contribution is 7.07. The molecule has 18 heavy (non-hydrogen) atoms. The number of hydrogen-bond donors (Lipinski definition) is 1. The van der Waals surface area contributed by atoms with Gasteiger partial charge >= 0.3 is 5.88 Å². The Morgan fingerprint density at radius 1 is 1.50 bits per heavy atom. The van der Waals surface area contributed by atoms with Crippen molar-refractivity contribution in [2.45, 2.75) is 19.4 Å². The fourth-order valence-corrected chi connectivity index (χ4v) is 2.47. The lowest BCUT2D eigenvalue weighted by Crippen LogP contribution is -2.22. The summed E-state index contributed by atoms with van der Waals surface area (Å²) in [5.74, 6) is 0.396. The lowest BCUT2D eigenvalue weighted by molar-refractivity contribution is -0.402. The van der Waals surface area contributed by atoms with Crippen molar-refractivity contribution in [2.75, 3.05) is 6.54 Å². The van der Waals surface area contributed by atoms with Gasteiger partial charge in [-0.25, -0.2) is 0 Å². The zero-order valence-corrected chi connectivity index (χ0v) is 10.8. The number of thiophene rings is 1. The summed E-state index contributed by atoms with van der Waals surface area (Å²) in [6.45, 7) is 2.78. The molecular formula is C12H14N2O3S. The molecule has 0 fully saturated rings. The fourth-order valence-electron chi connectivity index (χ4n) is 1.79. The van der Waals surface area contributed by atoms with Crippen LogP contribution in [0, 0.1) is 10.1 Å². The third-order valence-electron chi connectivity index (χ3n) is 2.61. The van der Waals surface area contributed by atoms with Crippen LogP contribution in [0.1, 0.15) is 24.3 Å². The number of nitro groups is 1. The number of nitrogens with one attached hydrogen (secondary N) is 1. The minimum atomic E-state index is -0.517. The van der Waals surface area contributed by atoms with E-state index in [0.717, 1.165) is 13.0 Å². The Kier molecular flexibility index (Phi) is 4.11. The highest BCUT2D eigenvalue weighted by Crippen LogP contribution is 2.25. The molecule has 1 atom stereocenters. The molecular weight excluding hydrogens is 252 g/mol. The van der Waals surface area contributed by atoms with Crippen LogP contribution in [0.2, 0.25) is 0 Å². The molecule has 1 N–H and O–H groups in total. The van der Waals surface area contributed by atoms with Crippen LogP contribution in [0.25, 0.3) is 0 Å². The van der Waals surface area contributed by atoms with Gasteiger partial charge in [0.25, 0.3) is 0 Å². The molecule has 0 saturated carbocycles. The predicted molar refractivity (Wildman–Crippen MR) is 69.8 cm³/mol. The van der Waals surface area contributed by atoms with Gasteiger partial charge in [0.2, 0.25) is 0 Å². The highest BCUT2D eigenvalue weighted by atomic mass is 32.1. The second-order valence-corrected chi connectivity index (χ2v) is 4.66. The zero-order valence-electron chi connectivity index (χ0n) is 9.96. The Morgan fingerprint density at radius 3 is 2.89 bits per heavy atom. The first-order valence-electron chi connectivity index (χ1n) is 5.69. The molecule has 0 amide bonds. The standard InChI is InChI=1S/C12H14N2O3S/c1-2-13-10(7-9-5-6-18-8-9)11-3-4-12(17-11)14(15)16/h3-6,8,10,13H,2,7H2,1H3. The maximum Gasteiger partial charge on any atom is 0.433 e. The van der Waals surface area contributed by atoms with E-state index in [1.165, 1.54) is 11.6 Å². The third kappa shape index (κ3) is 2.96. The van der Waals surface area contributed by atoms with E-state index in [4.69, 9.17) is 4.42 Å². The summed E-state index contributed by atoms with van der Waals surface area (Å²) >= 11 is 1.64. The van der Waals surface area contributed by atoms with Gasteiger partial charge in [0.15, 0.2) is 0 Å². The van der Waals surface area contributed by atoms with E-state index in [1.807, 2.05) is 18.4 Å². The zero-order chi connectivity index (χ0) is 13.0. The average Bonchev–Trinajstić information content (AvgIpc) is 2.99. The van der Waals surface area contributed by atoms with Crippen molar-refractivity contribution in [3.05, 3.63) is 50.4 Å². The Morgan fingerprint density at radius 2 is 2.33 bits per heavy atom. The van der Waals surface area contributed by atoms with E-state index >= 15 is 0 Å². The van der Waals surface area contributed by atoms with Gasteiger partial charge in [-0.15, -0.1) is 0 Å². The van der Waals surface area contributed by atoms with Gasteiger partial charge in [-0.2, -0.15) is 11.3 Å². The van der Waals surface area contributed by atoms with Gasteiger partial charge in [0, 0.05) is 0 Å². The van der Waals surface area contributed by atoms with Gasteiger partial charge in [-0.3, -0.25) is 10.1 Å². The van der Waals surface area contributed by atoms with E-state index in [1.54, 1.807) is 17.4 Å². The first-order chi connectivity index (χ1) is 8.70. The smallest absolute Gasteiger partial charge is 0.404 e. The molecule has 0 aliphatic heterocycles. The first-order valence-corrected chi connectivity index (χ1v) is 6.63. The van der Waals surface area contributed by atoms with Crippen molar-refractivity contribution >= 4 is 17.2 Å². The lowest BCUT2D eigenvalue weighted by Gasteiger charge is -2.14. The summed E-state index contributed by atoms with van der Waals surface area (Å²) < 4.78 is 5.25. The SMILES string of the molecule is CCNC(Cc1ccsc1)c1ccc([N+](=O)[O-])o1.